The number of nitro groups is 1. The Morgan fingerprint density at radius 1 is 1.19 bits per heavy atom. The molecule has 5 nitrogen and oxygen atoms in total. The van der Waals surface area contributed by atoms with Gasteiger partial charge in [-0.25, -0.2) is 13.2 Å². The quantitative estimate of drug-likeness (QED) is 0.578. The summed E-state index contributed by atoms with van der Waals surface area (Å²) in [7, 11) is 0. The van der Waals surface area contributed by atoms with E-state index in [1.54, 1.807) is 12.1 Å². The van der Waals surface area contributed by atoms with E-state index in [0.29, 0.717) is 5.56 Å². The van der Waals surface area contributed by atoms with Gasteiger partial charge in [0.05, 0.1) is 0 Å². The predicted molar refractivity (Wildman–Crippen MR) is 92.1 cm³/mol. The van der Waals surface area contributed by atoms with Gasteiger partial charge in [-0.15, -0.1) is 0 Å². The molecule has 0 saturated carbocycles. The molecule has 0 spiro atoms. The number of nitrogens with zero attached hydrogens (tertiary/aromatic N) is 2. The maximum absolute atomic E-state index is 14.4. The number of hydrogen-bond donors (Lipinski definition) is 0. The molecule has 27 heavy (non-hydrogen) atoms. The van der Waals surface area contributed by atoms with Gasteiger partial charge in [0.15, 0.2) is 0 Å². The number of likely N-dealkylation sites (tertiary alicyclic amines) is 1. The van der Waals surface area contributed by atoms with Crippen LogP contribution in [0.3, 0.4) is 0 Å². The molecule has 0 radical (unpaired) electrons. The third kappa shape index (κ3) is 4.04. The molecule has 1 aliphatic heterocycles. The fourth-order valence-corrected chi connectivity index (χ4v) is 3.84. The summed E-state index contributed by atoms with van der Waals surface area (Å²) >= 11 is 0. The maximum Gasteiger partial charge on any atom is 0.234 e. The van der Waals surface area contributed by atoms with Crippen LogP contribution < -0.4 is 0 Å². The van der Waals surface area contributed by atoms with Gasteiger partial charge in [0, 0.05) is 36.6 Å². The van der Waals surface area contributed by atoms with Crippen molar-refractivity contribution < 1.29 is 22.9 Å². The predicted octanol–water partition coefficient (Wildman–Crippen LogP) is 3.73. The highest BCUT2D eigenvalue weighted by Crippen LogP contribution is 2.37. The Morgan fingerprint density at radius 3 is 2.63 bits per heavy atom. The van der Waals surface area contributed by atoms with E-state index in [-0.39, 0.29) is 38.1 Å². The largest absolute Gasteiger partial charge is 0.332 e. The number of benzene rings is 1. The number of halogens is 3. The van der Waals surface area contributed by atoms with Crippen molar-refractivity contribution in [2.45, 2.75) is 37.8 Å². The van der Waals surface area contributed by atoms with Gasteiger partial charge in [0.2, 0.25) is 11.9 Å². The van der Waals surface area contributed by atoms with E-state index in [0.717, 1.165) is 12.2 Å². The molecule has 1 fully saturated rings. The van der Waals surface area contributed by atoms with Crippen molar-refractivity contribution in [1.82, 2.24) is 4.90 Å². The molecule has 1 saturated heterocycles. The molecule has 8 heteroatoms. The van der Waals surface area contributed by atoms with Crippen LogP contribution in [-0.4, -0.2) is 34.4 Å². The minimum Gasteiger partial charge on any atom is -0.332 e. The van der Waals surface area contributed by atoms with Gasteiger partial charge >= 0.3 is 0 Å². The molecular weight excluding hydrogens is 361 g/mol. The third-order valence-electron chi connectivity index (χ3n) is 5.18. The van der Waals surface area contributed by atoms with E-state index in [9.17, 15) is 28.1 Å². The summed E-state index contributed by atoms with van der Waals surface area (Å²) in [6.45, 7) is 0.00386. The molecule has 1 aromatic rings. The average Bonchev–Trinajstić information content (AvgIpc) is 2.63. The third-order valence-corrected chi connectivity index (χ3v) is 5.18. The Bertz CT molecular complexity index is 809. The van der Waals surface area contributed by atoms with Crippen LogP contribution in [0.4, 0.5) is 13.2 Å². The van der Waals surface area contributed by atoms with E-state index >= 15 is 0 Å². The van der Waals surface area contributed by atoms with Crippen LogP contribution in [-0.2, 0) is 11.2 Å². The van der Waals surface area contributed by atoms with Crippen LogP contribution in [0.2, 0.25) is 0 Å². The van der Waals surface area contributed by atoms with Gasteiger partial charge in [0.1, 0.15) is 23.5 Å². The monoisotopic (exact) mass is 380 g/mol. The summed E-state index contributed by atoms with van der Waals surface area (Å²) in [5.41, 5.74) is 0.359. The molecule has 3 atom stereocenters. The first-order valence-electron chi connectivity index (χ1n) is 8.76. The summed E-state index contributed by atoms with van der Waals surface area (Å²) in [4.78, 5) is 24.7. The number of carbonyl (C=O) groups excluding carboxylic acids is 1. The van der Waals surface area contributed by atoms with Crippen LogP contribution in [0.5, 0.6) is 0 Å². The summed E-state index contributed by atoms with van der Waals surface area (Å²) in [5.74, 6) is -3.19. The maximum atomic E-state index is 14.4. The Morgan fingerprint density at radius 2 is 1.93 bits per heavy atom. The van der Waals surface area contributed by atoms with Crippen molar-refractivity contribution in [2.24, 2.45) is 5.92 Å². The molecule has 1 amide bonds. The second-order valence-corrected chi connectivity index (χ2v) is 6.79. The molecule has 3 rings (SSSR count). The zero-order valence-electron chi connectivity index (χ0n) is 14.5. The van der Waals surface area contributed by atoms with E-state index < -0.39 is 40.4 Å². The van der Waals surface area contributed by atoms with Crippen LogP contribution in [0.25, 0.3) is 0 Å². The SMILES string of the molecule is O=C1CCC([N+](=O)[O-])[C@@H](C2CC(F)=CC=C2F)N1CCc1ccccc1F. The van der Waals surface area contributed by atoms with Crippen LogP contribution in [0.1, 0.15) is 24.8 Å². The Hall–Kier alpha value is -2.64. The highest BCUT2D eigenvalue weighted by atomic mass is 19.1. The van der Waals surface area contributed by atoms with Crippen molar-refractivity contribution in [3.8, 4) is 0 Å². The van der Waals surface area contributed by atoms with Crippen molar-refractivity contribution in [1.29, 1.82) is 0 Å². The minimum absolute atomic E-state index is 0.00386. The van der Waals surface area contributed by atoms with Crippen LogP contribution in [0, 0.1) is 21.8 Å². The first kappa shape index (κ1) is 19.1. The summed E-state index contributed by atoms with van der Waals surface area (Å²) in [5, 5.41) is 11.5. The molecule has 2 unspecified atom stereocenters. The number of piperidine rings is 1. The topological polar surface area (TPSA) is 63.4 Å². The zero-order chi connectivity index (χ0) is 19.6. The molecule has 1 aromatic carbocycles. The van der Waals surface area contributed by atoms with E-state index in [4.69, 9.17) is 0 Å². The van der Waals surface area contributed by atoms with Crippen LogP contribution >= 0.6 is 0 Å². The van der Waals surface area contributed by atoms with Crippen LogP contribution in [0.15, 0.2) is 48.1 Å². The average molecular weight is 380 g/mol. The Balaban J connectivity index is 1.88. The van der Waals surface area contributed by atoms with E-state index in [2.05, 4.69) is 0 Å². The minimum atomic E-state index is -1.20. The molecule has 0 aromatic heterocycles. The number of rotatable bonds is 5. The molecule has 1 aliphatic carbocycles. The summed E-state index contributed by atoms with van der Waals surface area (Å²) in [6, 6.07) is 3.73. The summed E-state index contributed by atoms with van der Waals surface area (Å²) in [6.07, 6.45) is 1.67. The lowest BCUT2D eigenvalue weighted by Crippen LogP contribution is -2.58. The fraction of sp³-hybridized carbons (Fsp3) is 0.421. The van der Waals surface area contributed by atoms with Crippen molar-refractivity contribution in [2.75, 3.05) is 6.54 Å². The standard InChI is InChI=1S/C19H19F3N2O3/c20-13-5-6-16(22)14(11-13)19-17(24(26)27)7-8-18(25)23(19)10-9-12-3-1-2-4-15(12)21/h1-6,14,17,19H,7-11H2/t14?,17?,19-/m1/s1. The summed E-state index contributed by atoms with van der Waals surface area (Å²) < 4.78 is 42.0. The van der Waals surface area contributed by atoms with Gasteiger partial charge in [-0.3, -0.25) is 14.9 Å². The Labute approximate surface area is 154 Å². The fourth-order valence-electron chi connectivity index (χ4n) is 3.84. The van der Waals surface area contributed by atoms with Crippen molar-refractivity contribution >= 4 is 5.91 Å². The molecular formula is C19H19F3N2O3. The van der Waals surface area contributed by atoms with Gasteiger partial charge in [0.25, 0.3) is 0 Å². The number of allylic oxidation sites excluding steroid dienone is 3. The second kappa shape index (κ2) is 7.94. The molecule has 0 N–H and O–H groups in total. The number of hydrogen-bond acceptors (Lipinski definition) is 3. The second-order valence-electron chi connectivity index (χ2n) is 6.79. The normalized spacial score (nSPS) is 25.8. The molecule has 2 aliphatic rings. The first-order chi connectivity index (χ1) is 12.9. The first-order valence-corrected chi connectivity index (χ1v) is 8.76. The van der Waals surface area contributed by atoms with E-state index in [1.807, 2.05) is 0 Å². The Kier molecular flexibility index (Phi) is 5.62. The number of amides is 1. The van der Waals surface area contributed by atoms with Crippen molar-refractivity contribution in [3.05, 3.63) is 69.6 Å². The lowest BCUT2D eigenvalue weighted by atomic mass is 9.81. The zero-order valence-corrected chi connectivity index (χ0v) is 14.5. The highest BCUT2D eigenvalue weighted by molar-refractivity contribution is 5.77. The van der Waals surface area contributed by atoms with E-state index in [1.165, 1.54) is 17.0 Å². The smallest absolute Gasteiger partial charge is 0.234 e. The lowest BCUT2D eigenvalue weighted by Gasteiger charge is -2.41. The van der Waals surface area contributed by atoms with Gasteiger partial charge in [-0.05, 0) is 30.2 Å². The number of carbonyl (C=O) groups is 1. The molecule has 144 valence electrons. The van der Waals surface area contributed by atoms with Crippen molar-refractivity contribution in [3.63, 3.8) is 0 Å². The molecule has 0 bridgehead atoms. The molecule has 1 heterocycles. The van der Waals surface area contributed by atoms with Gasteiger partial charge < -0.3 is 4.90 Å². The highest BCUT2D eigenvalue weighted by Gasteiger charge is 2.48. The lowest BCUT2D eigenvalue weighted by molar-refractivity contribution is -0.534. The van der Waals surface area contributed by atoms with Gasteiger partial charge in [-0.1, -0.05) is 18.2 Å². The van der Waals surface area contributed by atoms with Gasteiger partial charge in [-0.2, -0.15) is 0 Å².